The molecule has 1 aliphatic rings. The van der Waals surface area contributed by atoms with Crippen LogP contribution in [0.25, 0.3) is 0 Å². The molecule has 1 aliphatic heterocycles. The maximum Gasteiger partial charge on any atom is 0.243 e. The number of nitrogens with zero attached hydrogens (tertiary/aromatic N) is 2. The van der Waals surface area contributed by atoms with Crippen LogP contribution in [0.3, 0.4) is 0 Å². The zero-order valence-electron chi connectivity index (χ0n) is 11.9. The number of hydrogen-bond donors (Lipinski definition) is 1. The third kappa shape index (κ3) is 2.64. The fraction of sp³-hybridized carbons (Fsp3) is 0.357. The van der Waals surface area contributed by atoms with Gasteiger partial charge in [-0.15, -0.1) is 0 Å². The summed E-state index contributed by atoms with van der Waals surface area (Å²) < 4.78 is 52.5. The number of aryl methyl sites for hydroxylation is 1. The Bertz CT molecular complexity index is 804. The van der Waals surface area contributed by atoms with Crippen LogP contribution in [0.5, 0.6) is 0 Å². The second-order valence-electron chi connectivity index (χ2n) is 5.38. The van der Waals surface area contributed by atoms with Crippen LogP contribution >= 0.6 is 0 Å². The number of H-pyrrole nitrogens is 1. The molecule has 0 saturated carbocycles. The van der Waals surface area contributed by atoms with E-state index in [0.29, 0.717) is 13.0 Å². The molecule has 118 valence electrons. The summed E-state index contributed by atoms with van der Waals surface area (Å²) in [5.41, 5.74) is 0.914. The fourth-order valence-electron chi connectivity index (χ4n) is 2.60. The van der Waals surface area contributed by atoms with Crippen LogP contribution in [0.2, 0.25) is 0 Å². The van der Waals surface area contributed by atoms with Crippen LogP contribution in [0.4, 0.5) is 8.78 Å². The highest BCUT2D eigenvalue weighted by atomic mass is 32.2. The quantitative estimate of drug-likeness (QED) is 0.939. The molecular weight excluding hydrogens is 312 g/mol. The number of hydrogen-bond acceptors (Lipinski definition) is 3. The zero-order chi connectivity index (χ0) is 15.9. The monoisotopic (exact) mass is 327 g/mol. The lowest BCUT2D eigenvalue weighted by atomic mass is 10.1. The van der Waals surface area contributed by atoms with Crippen LogP contribution in [-0.2, 0) is 10.0 Å². The summed E-state index contributed by atoms with van der Waals surface area (Å²) in [5, 5.41) is 0. The number of aromatic nitrogens is 2. The summed E-state index contributed by atoms with van der Waals surface area (Å²) in [6, 6.07) is 2.62. The van der Waals surface area contributed by atoms with Crippen LogP contribution in [0, 0.1) is 18.6 Å². The summed E-state index contributed by atoms with van der Waals surface area (Å²) >= 11 is 0. The van der Waals surface area contributed by atoms with Gasteiger partial charge in [0.2, 0.25) is 10.0 Å². The van der Waals surface area contributed by atoms with E-state index in [1.165, 1.54) is 4.31 Å². The van der Waals surface area contributed by atoms with Crippen molar-refractivity contribution < 1.29 is 17.2 Å². The van der Waals surface area contributed by atoms with Crippen molar-refractivity contribution in [2.75, 3.05) is 13.1 Å². The van der Waals surface area contributed by atoms with E-state index < -0.39 is 21.7 Å². The minimum absolute atomic E-state index is 0.0197. The van der Waals surface area contributed by atoms with Gasteiger partial charge in [-0.3, -0.25) is 0 Å². The maximum atomic E-state index is 13.3. The molecule has 0 spiro atoms. The molecule has 1 aromatic heterocycles. The lowest BCUT2D eigenvalue weighted by molar-refractivity contribution is 0.467. The van der Waals surface area contributed by atoms with Crippen molar-refractivity contribution in [3.8, 4) is 0 Å². The van der Waals surface area contributed by atoms with Gasteiger partial charge in [-0.1, -0.05) is 0 Å². The van der Waals surface area contributed by atoms with Crippen LogP contribution in [-0.4, -0.2) is 35.8 Å². The van der Waals surface area contributed by atoms with Gasteiger partial charge in [0.05, 0.1) is 4.90 Å². The van der Waals surface area contributed by atoms with E-state index >= 15 is 0 Å². The van der Waals surface area contributed by atoms with Crippen molar-refractivity contribution in [3.63, 3.8) is 0 Å². The van der Waals surface area contributed by atoms with E-state index in [-0.39, 0.29) is 17.4 Å². The average Bonchev–Trinajstić information content (AvgIpc) is 3.10. The first-order valence-corrected chi connectivity index (χ1v) is 8.28. The van der Waals surface area contributed by atoms with Crippen molar-refractivity contribution in [1.82, 2.24) is 14.3 Å². The molecule has 1 N–H and O–H groups in total. The Morgan fingerprint density at radius 1 is 1.32 bits per heavy atom. The van der Waals surface area contributed by atoms with E-state index in [4.69, 9.17) is 0 Å². The highest BCUT2D eigenvalue weighted by molar-refractivity contribution is 7.89. The number of nitrogens with one attached hydrogen (secondary N) is 1. The van der Waals surface area contributed by atoms with Crippen molar-refractivity contribution in [2.45, 2.75) is 24.2 Å². The highest BCUT2D eigenvalue weighted by Gasteiger charge is 2.34. The predicted molar refractivity (Wildman–Crippen MR) is 75.8 cm³/mol. The van der Waals surface area contributed by atoms with Gasteiger partial charge in [-0.25, -0.2) is 22.2 Å². The van der Waals surface area contributed by atoms with Gasteiger partial charge in [0.25, 0.3) is 0 Å². The Labute approximate surface area is 127 Å². The average molecular weight is 327 g/mol. The third-order valence-corrected chi connectivity index (χ3v) is 5.65. The normalized spacial score (nSPS) is 19.7. The molecule has 3 rings (SSSR count). The van der Waals surface area contributed by atoms with Crippen molar-refractivity contribution in [3.05, 3.63) is 47.5 Å². The molecule has 1 atom stereocenters. The van der Waals surface area contributed by atoms with E-state index in [1.54, 1.807) is 6.20 Å². The van der Waals surface area contributed by atoms with Crippen LogP contribution in [0.15, 0.2) is 29.3 Å². The lowest BCUT2D eigenvalue weighted by Gasteiger charge is -2.16. The Morgan fingerprint density at radius 2 is 2.09 bits per heavy atom. The number of rotatable bonds is 3. The molecule has 2 aromatic rings. The molecule has 1 unspecified atom stereocenters. The zero-order valence-corrected chi connectivity index (χ0v) is 12.7. The van der Waals surface area contributed by atoms with Crippen molar-refractivity contribution in [1.29, 1.82) is 0 Å². The van der Waals surface area contributed by atoms with Gasteiger partial charge in [0.1, 0.15) is 5.82 Å². The van der Waals surface area contributed by atoms with Gasteiger partial charge >= 0.3 is 0 Å². The smallest absolute Gasteiger partial charge is 0.243 e. The summed E-state index contributed by atoms with van der Waals surface area (Å²) in [4.78, 5) is 7.10. The van der Waals surface area contributed by atoms with Gasteiger partial charge in [-0.2, -0.15) is 4.31 Å². The van der Waals surface area contributed by atoms with Gasteiger partial charge in [0.15, 0.2) is 11.6 Å². The van der Waals surface area contributed by atoms with Crippen LogP contribution in [0.1, 0.15) is 23.9 Å². The molecule has 5 nitrogen and oxygen atoms in total. The molecule has 0 radical (unpaired) electrons. The fourth-order valence-corrected chi connectivity index (χ4v) is 4.11. The Hall–Kier alpha value is -1.80. The summed E-state index contributed by atoms with van der Waals surface area (Å²) in [6.45, 7) is 2.47. The molecule has 0 bridgehead atoms. The Morgan fingerprint density at radius 3 is 2.73 bits per heavy atom. The standard InChI is InChI=1S/C14H15F2N3O2S/c1-9-7-17-14(18-9)10-4-5-19(8-10)22(20,21)11-2-3-12(15)13(16)6-11/h2-3,6-7,10H,4-5,8H2,1H3,(H,17,18). The van der Waals surface area contributed by atoms with E-state index in [9.17, 15) is 17.2 Å². The number of halogens is 2. The number of benzene rings is 1. The first-order chi connectivity index (χ1) is 10.4. The van der Waals surface area contributed by atoms with E-state index in [0.717, 1.165) is 29.7 Å². The molecule has 1 aromatic carbocycles. The lowest BCUT2D eigenvalue weighted by Crippen LogP contribution is -2.29. The molecule has 0 aliphatic carbocycles. The Balaban J connectivity index is 1.83. The summed E-state index contributed by atoms with van der Waals surface area (Å²) in [6.07, 6.45) is 2.33. The minimum atomic E-state index is -3.83. The van der Waals surface area contributed by atoms with E-state index in [2.05, 4.69) is 9.97 Å². The third-order valence-electron chi connectivity index (χ3n) is 3.79. The first kappa shape index (κ1) is 15.1. The molecular formula is C14H15F2N3O2S. The second-order valence-corrected chi connectivity index (χ2v) is 7.31. The minimum Gasteiger partial charge on any atom is -0.346 e. The molecule has 2 heterocycles. The molecule has 22 heavy (non-hydrogen) atoms. The number of sulfonamides is 1. The predicted octanol–water partition coefficient (Wildman–Crippen LogP) is 2.17. The Kier molecular flexibility index (Phi) is 3.73. The second kappa shape index (κ2) is 5.44. The summed E-state index contributed by atoms with van der Waals surface area (Å²) in [5.74, 6) is -1.50. The van der Waals surface area contributed by atoms with Gasteiger partial charge in [-0.05, 0) is 31.5 Å². The highest BCUT2D eigenvalue weighted by Crippen LogP contribution is 2.30. The van der Waals surface area contributed by atoms with Gasteiger partial charge < -0.3 is 4.98 Å². The topological polar surface area (TPSA) is 66.1 Å². The molecule has 0 amide bonds. The van der Waals surface area contributed by atoms with Gasteiger partial charge in [0, 0.05) is 30.9 Å². The van der Waals surface area contributed by atoms with E-state index in [1.807, 2.05) is 6.92 Å². The largest absolute Gasteiger partial charge is 0.346 e. The molecule has 1 fully saturated rings. The van der Waals surface area contributed by atoms with Crippen molar-refractivity contribution in [2.24, 2.45) is 0 Å². The van der Waals surface area contributed by atoms with Crippen molar-refractivity contribution >= 4 is 10.0 Å². The SMILES string of the molecule is Cc1cnc(C2CCN(S(=O)(=O)c3ccc(F)c(F)c3)C2)[nH]1. The summed E-state index contributed by atoms with van der Waals surface area (Å²) in [7, 11) is -3.83. The maximum absolute atomic E-state index is 13.3. The molecule has 8 heteroatoms. The number of imidazole rings is 1. The number of aromatic amines is 1. The van der Waals surface area contributed by atoms with Crippen LogP contribution < -0.4 is 0 Å². The molecule has 1 saturated heterocycles. The first-order valence-electron chi connectivity index (χ1n) is 6.84.